The minimum absolute atomic E-state index is 0.0824. The van der Waals surface area contributed by atoms with Crippen LogP contribution in [0.3, 0.4) is 0 Å². The first kappa shape index (κ1) is 13.4. The molecule has 0 heterocycles. The predicted octanol–water partition coefficient (Wildman–Crippen LogP) is 0.741. The quantitative estimate of drug-likeness (QED) is 0.542. The van der Waals surface area contributed by atoms with Crippen LogP contribution in [-0.4, -0.2) is 52.0 Å². The van der Waals surface area contributed by atoms with E-state index in [1.165, 1.54) is 0 Å². The molecule has 14 heavy (non-hydrogen) atoms. The molecule has 0 spiro atoms. The fraction of sp³-hybridized carbons (Fsp3) is 0.900. The van der Waals surface area contributed by atoms with E-state index in [9.17, 15) is 0 Å². The number of methoxy groups -OCH3 is 1. The molecule has 82 valence electrons. The van der Waals surface area contributed by atoms with Gasteiger partial charge in [0.25, 0.3) is 0 Å². The summed E-state index contributed by atoms with van der Waals surface area (Å²) in [7, 11) is 3.65. The standard InChI is InChI=1S/C10H20N2O2/c1-10(8-11)9-12(2)4-5-14-7-6-13-3/h10H,4-7,9H2,1-3H3. The molecule has 0 aromatic heterocycles. The lowest BCUT2D eigenvalue weighted by atomic mass is 10.2. The van der Waals surface area contributed by atoms with Crippen LogP contribution in [0.1, 0.15) is 6.92 Å². The number of rotatable bonds is 8. The Hall–Kier alpha value is -0.630. The summed E-state index contributed by atoms with van der Waals surface area (Å²) >= 11 is 0. The van der Waals surface area contributed by atoms with Crippen LogP contribution in [0.4, 0.5) is 0 Å². The second-order valence-corrected chi connectivity index (χ2v) is 3.40. The zero-order valence-corrected chi connectivity index (χ0v) is 9.32. The third kappa shape index (κ3) is 7.99. The number of likely N-dealkylation sites (N-methyl/N-ethyl adjacent to an activating group) is 1. The molecule has 1 atom stereocenters. The van der Waals surface area contributed by atoms with E-state index in [0.717, 1.165) is 13.1 Å². The maximum atomic E-state index is 8.60. The summed E-state index contributed by atoms with van der Waals surface area (Å²) in [5.41, 5.74) is 0. The van der Waals surface area contributed by atoms with Crippen molar-refractivity contribution in [3.63, 3.8) is 0 Å². The second-order valence-electron chi connectivity index (χ2n) is 3.40. The molecule has 0 saturated heterocycles. The number of nitrogens with zero attached hydrogens (tertiary/aromatic N) is 2. The normalized spacial score (nSPS) is 12.8. The van der Waals surface area contributed by atoms with Crippen molar-refractivity contribution in [2.45, 2.75) is 6.92 Å². The molecule has 0 aliphatic heterocycles. The van der Waals surface area contributed by atoms with Gasteiger partial charge in [-0.2, -0.15) is 5.26 Å². The van der Waals surface area contributed by atoms with Gasteiger partial charge in [0.15, 0.2) is 0 Å². The van der Waals surface area contributed by atoms with Crippen molar-refractivity contribution in [3.8, 4) is 6.07 Å². The first-order chi connectivity index (χ1) is 6.70. The molecule has 0 aliphatic rings. The zero-order valence-electron chi connectivity index (χ0n) is 9.32. The lowest BCUT2D eigenvalue weighted by Gasteiger charge is -2.17. The minimum Gasteiger partial charge on any atom is -0.382 e. The molecule has 1 unspecified atom stereocenters. The maximum absolute atomic E-state index is 8.60. The van der Waals surface area contributed by atoms with Crippen LogP contribution >= 0.6 is 0 Å². The van der Waals surface area contributed by atoms with Crippen LogP contribution in [0.2, 0.25) is 0 Å². The number of nitriles is 1. The molecule has 0 saturated carbocycles. The largest absolute Gasteiger partial charge is 0.382 e. The van der Waals surface area contributed by atoms with Crippen molar-refractivity contribution in [2.24, 2.45) is 5.92 Å². The Morgan fingerprint density at radius 1 is 1.36 bits per heavy atom. The SMILES string of the molecule is COCCOCCN(C)CC(C)C#N. The molecule has 0 bridgehead atoms. The lowest BCUT2D eigenvalue weighted by molar-refractivity contribution is 0.0598. The molecular weight excluding hydrogens is 180 g/mol. The molecule has 0 radical (unpaired) electrons. The minimum atomic E-state index is 0.0824. The lowest BCUT2D eigenvalue weighted by Crippen LogP contribution is -2.27. The fourth-order valence-corrected chi connectivity index (χ4v) is 1.06. The fourth-order valence-electron chi connectivity index (χ4n) is 1.06. The van der Waals surface area contributed by atoms with Crippen molar-refractivity contribution in [1.82, 2.24) is 4.90 Å². The van der Waals surface area contributed by atoms with E-state index in [2.05, 4.69) is 11.0 Å². The van der Waals surface area contributed by atoms with Crippen molar-refractivity contribution < 1.29 is 9.47 Å². The molecule has 4 nitrogen and oxygen atoms in total. The third-order valence-electron chi connectivity index (χ3n) is 1.86. The van der Waals surface area contributed by atoms with E-state index in [0.29, 0.717) is 19.8 Å². The van der Waals surface area contributed by atoms with Gasteiger partial charge in [-0.25, -0.2) is 0 Å². The zero-order chi connectivity index (χ0) is 10.8. The summed E-state index contributed by atoms with van der Waals surface area (Å²) < 4.78 is 10.2. The van der Waals surface area contributed by atoms with E-state index in [4.69, 9.17) is 14.7 Å². The van der Waals surface area contributed by atoms with Gasteiger partial charge in [-0.05, 0) is 14.0 Å². The monoisotopic (exact) mass is 200 g/mol. The Kier molecular flexibility index (Phi) is 8.54. The molecule has 0 N–H and O–H groups in total. The highest BCUT2D eigenvalue weighted by atomic mass is 16.5. The van der Waals surface area contributed by atoms with Gasteiger partial charge in [0.1, 0.15) is 0 Å². The second kappa shape index (κ2) is 8.95. The van der Waals surface area contributed by atoms with E-state index in [-0.39, 0.29) is 5.92 Å². The first-order valence-electron chi connectivity index (χ1n) is 4.85. The summed E-state index contributed by atoms with van der Waals surface area (Å²) in [5, 5.41) is 8.60. The van der Waals surface area contributed by atoms with Gasteiger partial charge in [0.05, 0.1) is 31.8 Å². The van der Waals surface area contributed by atoms with Crippen molar-refractivity contribution in [3.05, 3.63) is 0 Å². The molecule has 4 heteroatoms. The molecule has 0 aliphatic carbocycles. The molecule has 0 amide bonds. The van der Waals surface area contributed by atoms with Gasteiger partial charge >= 0.3 is 0 Å². The van der Waals surface area contributed by atoms with Gasteiger partial charge in [-0.15, -0.1) is 0 Å². The van der Waals surface area contributed by atoms with Gasteiger partial charge < -0.3 is 14.4 Å². The van der Waals surface area contributed by atoms with E-state index in [1.807, 2.05) is 14.0 Å². The summed E-state index contributed by atoms with van der Waals surface area (Å²) in [6.07, 6.45) is 0. The van der Waals surface area contributed by atoms with Gasteiger partial charge in [-0.3, -0.25) is 0 Å². The maximum Gasteiger partial charge on any atom is 0.0700 e. The smallest absolute Gasteiger partial charge is 0.0700 e. The number of hydrogen-bond donors (Lipinski definition) is 0. The summed E-state index contributed by atoms with van der Waals surface area (Å²) in [6.45, 7) is 5.54. The molecular formula is C10H20N2O2. The predicted molar refractivity (Wildman–Crippen MR) is 55.0 cm³/mol. The molecule has 0 fully saturated rings. The van der Waals surface area contributed by atoms with Crippen LogP contribution in [0.5, 0.6) is 0 Å². The highest BCUT2D eigenvalue weighted by molar-refractivity contribution is 4.80. The van der Waals surface area contributed by atoms with Crippen molar-refractivity contribution in [1.29, 1.82) is 5.26 Å². The molecule has 0 aromatic rings. The van der Waals surface area contributed by atoms with Crippen LogP contribution in [0.15, 0.2) is 0 Å². The Balaban J connectivity index is 3.27. The van der Waals surface area contributed by atoms with E-state index < -0.39 is 0 Å². The summed E-state index contributed by atoms with van der Waals surface area (Å²) in [4.78, 5) is 2.10. The van der Waals surface area contributed by atoms with E-state index in [1.54, 1.807) is 7.11 Å². The van der Waals surface area contributed by atoms with Crippen LogP contribution in [0, 0.1) is 17.2 Å². The summed E-state index contributed by atoms with van der Waals surface area (Å²) in [6, 6.07) is 2.20. The number of ether oxygens (including phenoxy) is 2. The van der Waals surface area contributed by atoms with Crippen LogP contribution < -0.4 is 0 Å². The average molecular weight is 200 g/mol. The molecule has 0 rings (SSSR count). The average Bonchev–Trinajstić information content (AvgIpc) is 2.17. The highest BCUT2D eigenvalue weighted by Crippen LogP contribution is 1.95. The Morgan fingerprint density at radius 2 is 2.07 bits per heavy atom. The van der Waals surface area contributed by atoms with Crippen molar-refractivity contribution in [2.75, 3.05) is 47.1 Å². The van der Waals surface area contributed by atoms with Crippen molar-refractivity contribution >= 4 is 0 Å². The Morgan fingerprint density at radius 3 is 2.64 bits per heavy atom. The first-order valence-corrected chi connectivity index (χ1v) is 4.85. The van der Waals surface area contributed by atoms with Crippen LogP contribution in [-0.2, 0) is 9.47 Å². The van der Waals surface area contributed by atoms with Gasteiger partial charge in [-0.1, -0.05) is 0 Å². The van der Waals surface area contributed by atoms with Gasteiger partial charge in [0.2, 0.25) is 0 Å². The van der Waals surface area contributed by atoms with Crippen LogP contribution in [0.25, 0.3) is 0 Å². The third-order valence-corrected chi connectivity index (χ3v) is 1.86. The number of hydrogen-bond acceptors (Lipinski definition) is 4. The summed E-state index contributed by atoms with van der Waals surface area (Å²) in [5.74, 6) is 0.0824. The Bertz CT molecular complexity index is 168. The van der Waals surface area contributed by atoms with E-state index >= 15 is 0 Å². The molecule has 0 aromatic carbocycles. The highest BCUT2D eigenvalue weighted by Gasteiger charge is 2.04. The van der Waals surface area contributed by atoms with Gasteiger partial charge in [0, 0.05) is 20.2 Å². The Labute approximate surface area is 86.4 Å². The topological polar surface area (TPSA) is 45.5 Å².